The molecule has 0 aromatic carbocycles. The Morgan fingerprint density at radius 1 is 1.18 bits per heavy atom. The summed E-state index contributed by atoms with van der Waals surface area (Å²) in [5.74, 6) is 1.90. The Balaban J connectivity index is 2.34. The Hall–Kier alpha value is -1.35. The van der Waals surface area contributed by atoms with Crippen molar-refractivity contribution >= 4 is 17.1 Å². The molecule has 0 spiro atoms. The lowest BCUT2D eigenvalue weighted by Crippen LogP contribution is -2.08. The Bertz CT molecular complexity index is 541. The highest BCUT2D eigenvalue weighted by Gasteiger charge is 2.19. The van der Waals surface area contributed by atoms with E-state index >= 15 is 0 Å². The number of hydrogen-bond acceptors (Lipinski definition) is 3. The average Bonchev–Trinajstić information content (AvgIpc) is 2.85. The molecule has 0 fully saturated rings. The Morgan fingerprint density at radius 2 is 1.88 bits per heavy atom. The molecular formula is C14H16O2S. The van der Waals surface area contributed by atoms with Crippen LogP contribution in [0.1, 0.15) is 43.1 Å². The van der Waals surface area contributed by atoms with Gasteiger partial charge >= 0.3 is 0 Å². The molecule has 2 aromatic heterocycles. The Labute approximate surface area is 105 Å². The highest BCUT2D eigenvalue weighted by atomic mass is 32.1. The zero-order valence-electron chi connectivity index (χ0n) is 10.5. The van der Waals surface area contributed by atoms with E-state index in [2.05, 4.69) is 20.8 Å². The summed E-state index contributed by atoms with van der Waals surface area (Å²) in [4.78, 5) is 13.0. The van der Waals surface area contributed by atoms with Gasteiger partial charge in [-0.1, -0.05) is 20.8 Å². The second-order valence-electron chi connectivity index (χ2n) is 5.13. The summed E-state index contributed by atoms with van der Waals surface area (Å²) >= 11 is 1.47. The lowest BCUT2D eigenvalue weighted by Gasteiger charge is -2.13. The molecule has 3 heteroatoms. The number of hydrogen-bond donors (Lipinski definition) is 0. The molecular weight excluding hydrogens is 232 g/mol. The summed E-state index contributed by atoms with van der Waals surface area (Å²) in [7, 11) is 0. The van der Waals surface area contributed by atoms with Crippen molar-refractivity contribution < 1.29 is 9.21 Å². The molecule has 2 nitrogen and oxygen atoms in total. The zero-order valence-corrected chi connectivity index (χ0v) is 11.4. The lowest BCUT2D eigenvalue weighted by molar-refractivity contribution is 0.102. The van der Waals surface area contributed by atoms with Crippen LogP contribution < -0.4 is 0 Å². The van der Waals surface area contributed by atoms with Crippen LogP contribution in [0.5, 0.6) is 0 Å². The summed E-state index contributed by atoms with van der Waals surface area (Å²) in [6, 6.07) is 7.76. The van der Waals surface area contributed by atoms with E-state index in [0.29, 0.717) is 0 Å². The van der Waals surface area contributed by atoms with Crippen LogP contribution in [0.4, 0.5) is 0 Å². The fourth-order valence-corrected chi connectivity index (χ4v) is 2.40. The second kappa shape index (κ2) is 4.15. The van der Waals surface area contributed by atoms with Gasteiger partial charge in [0, 0.05) is 5.41 Å². The van der Waals surface area contributed by atoms with Crippen LogP contribution in [0, 0.1) is 0 Å². The molecule has 0 bridgehead atoms. The number of Topliss-reactive ketones (excluding diaryl/α,β-unsaturated/α-hetero) is 1. The Kier molecular flexibility index (Phi) is 2.96. The quantitative estimate of drug-likeness (QED) is 0.732. The van der Waals surface area contributed by atoms with Crippen LogP contribution in [0.15, 0.2) is 28.7 Å². The molecule has 90 valence electrons. The first kappa shape index (κ1) is 12.1. The molecule has 0 unspecified atom stereocenters. The van der Waals surface area contributed by atoms with E-state index in [9.17, 15) is 4.79 Å². The van der Waals surface area contributed by atoms with Gasteiger partial charge in [-0.2, -0.15) is 0 Å². The van der Waals surface area contributed by atoms with Gasteiger partial charge in [-0.05, 0) is 31.2 Å². The number of carbonyl (C=O) groups excluding carboxylic acids is 1. The molecule has 0 aliphatic carbocycles. The van der Waals surface area contributed by atoms with Gasteiger partial charge in [0.2, 0.25) is 0 Å². The third kappa shape index (κ3) is 2.50. The van der Waals surface area contributed by atoms with Crippen molar-refractivity contribution in [1.82, 2.24) is 0 Å². The second-order valence-corrected chi connectivity index (χ2v) is 6.22. The van der Waals surface area contributed by atoms with Crippen molar-refractivity contribution in [1.29, 1.82) is 0 Å². The van der Waals surface area contributed by atoms with Crippen molar-refractivity contribution in [2.75, 3.05) is 0 Å². The zero-order chi connectivity index (χ0) is 12.6. The standard InChI is InChI=1S/C14H16O2S/c1-9(15)11-6-7-12(17-11)10-5-8-13(16-10)14(2,3)4/h5-8H,1-4H3. The molecule has 2 aromatic rings. The molecule has 2 rings (SSSR count). The van der Waals surface area contributed by atoms with Crippen LogP contribution in [0.25, 0.3) is 10.6 Å². The van der Waals surface area contributed by atoms with Crippen molar-refractivity contribution in [3.05, 3.63) is 34.9 Å². The molecule has 2 heterocycles. The van der Waals surface area contributed by atoms with Gasteiger partial charge in [0.25, 0.3) is 0 Å². The number of ketones is 1. The molecule has 0 radical (unpaired) electrons. The predicted molar refractivity (Wildman–Crippen MR) is 70.7 cm³/mol. The first-order chi connectivity index (χ1) is 7.88. The third-order valence-corrected chi connectivity index (χ3v) is 3.74. The number of carbonyl (C=O) groups is 1. The van der Waals surface area contributed by atoms with Crippen LogP contribution in [0.3, 0.4) is 0 Å². The van der Waals surface area contributed by atoms with Gasteiger partial charge in [0.1, 0.15) is 11.5 Å². The number of rotatable bonds is 2. The smallest absolute Gasteiger partial charge is 0.169 e. The van der Waals surface area contributed by atoms with Gasteiger partial charge in [-0.3, -0.25) is 4.79 Å². The molecule has 0 aliphatic heterocycles. The summed E-state index contributed by atoms with van der Waals surface area (Å²) in [5, 5.41) is 0. The summed E-state index contributed by atoms with van der Waals surface area (Å²) in [6.45, 7) is 7.93. The highest BCUT2D eigenvalue weighted by Crippen LogP contribution is 2.33. The minimum absolute atomic E-state index is 0.0128. The van der Waals surface area contributed by atoms with E-state index in [4.69, 9.17) is 4.42 Å². The minimum atomic E-state index is 0.0128. The van der Waals surface area contributed by atoms with Gasteiger partial charge in [0.15, 0.2) is 5.78 Å². The van der Waals surface area contributed by atoms with Gasteiger partial charge in [-0.25, -0.2) is 0 Å². The fraction of sp³-hybridized carbons (Fsp3) is 0.357. The van der Waals surface area contributed by atoms with Gasteiger partial charge < -0.3 is 4.42 Å². The van der Waals surface area contributed by atoms with Crippen molar-refractivity contribution in [3.63, 3.8) is 0 Å². The normalized spacial score (nSPS) is 11.8. The van der Waals surface area contributed by atoms with Gasteiger partial charge in [-0.15, -0.1) is 11.3 Å². The van der Waals surface area contributed by atoms with Gasteiger partial charge in [0.05, 0.1) is 9.75 Å². The SMILES string of the molecule is CC(=O)c1ccc(-c2ccc(C(C)(C)C)o2)s1. The lowest BCUT2D eigenvalue weighted by atomic mass is 9.94. The number of thiophene rings is 1. The summed E-state index contributed by atoms with van der Waals surface area (Å²) < 4.78 is 5.83. The van der Waals surface area contributed by atoms with Crippen LogP contribution in [-0.4, -0.2) is 5.78 Å². The summed E-state index contributed by atoms with van der Waals surface area (Å²) in [5.41, 5.74) is 0.0128. The highest BCUT2D eigenvalue weighted by molar-refractivity contribution is 7.17. The molecule has 0 N–H and O–H groups in total. The maximum Gasteiger partial charge on any atom is 0.169 e. The first-order valence-electron chi connectivity index (χ1n) is 5.59. The van der Waals surface area contributed by atoms with E-state index in [0.717, 1.165) is 21.3 Å². The van der Waals surface area contributed by atoms with E-state index < -0.39 is 0 Å². The average molecular weight is 248 g/mol. The van der Waals surface area contributed by atoms with Crippen molar-refractivity contribution in [2.45, 2.75) is 33.1 Å². The molecule has 0 saturated carbocycles. The van der Waals surface area contributed by atoms with Crippen molar-refractivity contribution in [3.8, 4) is 10.6 Å². The third-order valence-electron chi connectivity index (χ3n) is 2.54. The predicted octanol–water partition coefficient (Wildman–Crippen LogP) is 4.51. The molecule has 0 saturated heterocycles. The number of furan rings is 1. The monoisotopic (exact) mass is 248 g/mol. The topological polar surface area (TPSA) is 30.2 Å². The Morgan fingerprint density at radius 3 is 2.35 bits per heavy atom. The van der Waals surface area contributed by atoms with Crippen molar-refractivity contribution in [2.24, 2.45) is 0 Å². The van der Waals surface area contributed by atoms with Crippen LogP contribution in [0.2, 0.25) is 0 Å². The van der Waals surface area contributed by atoms with E-state index in [1.807, 2.05) is 24.3 Å². The summed E-state index contributed by atoms with van der Waals surface area (Å²) in [6.07, 6.45) is 0. The molecule has 17 heavy (non-hydrogen) atoms. The molecule has 0 aliphatic rings. The van der Waals surface area contributed by atoms with E-state index in [1.54, 1.807) is 6.92 Å². The molecule has 0 amide bonds. The van der Waals surface area contributed by atoms with Crippen LogP contribution >= 0.6 is 11.3 Å². The van der Waals surface area contributed by atoms with E-state index in [1.165, 1.54) is 11.3 Å². The fourth-order valence-electron chi connectivity index (χ4n) is 1.53. The van der Waals surface area contributed by atoms with E-state index in [-0.39, 0.29) is 11.2 Å². The largest absolute Gasteiger partial charge is 0.460 e. The first-order valence-corrected chi connectivity index (χ1v) is 6.41. The van der Waals surface area contributed by atoms with Crippen LogP contribution in [-0.2, 0) is 5.41 Å². The minimum Gasteiger partial charge on any atom is -0.460 e. The maximum absolute atomic E-state index is 11.2. The molecule has 0 atom stereocenters. The maximum atomic E-state index is 11.2.